The smallest absolute Gasteiger partial charge is 0.180 e. The molecule has 0 radical (unpaired) electrons. The first-order valence-electron chi connectivity index (χ1n) is 9.45. The molecule has 3 heterocycles. The number of rotatable bonds is 5. The van der Waals surface area contributed by atoms with Crippen LogP contribution in [0.3, 0.4) is 0 Å². The highest BCUT2D eigenvalue weighted by molar-refractivity contribution is 5.60. The molecular formula is C22H20N6. The Bertz CT molecular complexity index is 1060. The summed E-state index contributed by atoms with van der Waals surface area (Å²) in [5, 5.41) is 12.7. The third-order valence-corrected chi connectivity index (χ3v) is 5.18. The third kappa shape index (κ3) is 3.03. The molecule has 0 unspecified atom stereocenters. The van der Waals surface area contributed by atoms with Crippen LogP contribution in [-0.4, -0.2) is 31.7 Å². The molecule has 4 aromatic rings. The summed E-state index contributed by atoms with van der Waals surface area (Å²) in [4.78, 5) is 7.02. The van der Waals surface area contributed by atoms with Gasteiger partial charge in [0.2, 0.25) is 0 Å². The van der Waals surface area contributed by atoms with Gasteiger partial charge in [-0.25, -0.2) is 4.68 Å². The molecular weight excluding hydrogens is 348 g/mol. The monoisotopic (exact) mass is 368 g/mol. The van der Waals surface area contributed by atoms with Crippen molar-refractivity contribution in [2.45, 2.75) is 19.0 Å². The SMILES string of the molecule is c1ccc(Cn2nnnc2[C@@H](c2ccccn2)N2CCc3ccccc32)cc1. The van der Waals surface area contributed by atoms with Crippen molar-refractivity contribution in [3.63, 3.8) is 0 Å². The van der Waals surface area contributed by atoms with Crippen molar-refractivity contribution in [1.29, 1.82) is 0 Å². The summed E-state index contributed by atoms with van der Waals surface area (Å²) >= 11 is 0. The van der Waals surface area contributed by atoms with E-state index in [-0.39, 0.29) is 6.04 Å². The molecule has 0 amide bonds. The maximum absolute atomic E-state index is 4.65. The second kappa shape index (κ2) is 7.23. The van der Waals surface area contributed by atoms with Gasteiger partial charge in [-0.3, -0.25) is 4.98 Å². The van der Waals surface area contributed by atoms with Gasteiger partial charge in [0, 0.05) is 18.4 Å². The van der Waals surface area contributed by atoms with Crippen LogP contribution in [0.5, 0.6) is 0 Å². The van der Waals surface area contributed by atoms with Crippen molar-refractivity contribution in [2.24, 2.45) is 0 Å². The van der Waals surface area contributed by atoms with Crippen LogP contribution in [0.2, 0.25) is 0 Å². The van der Waals surface area contributed by atoms with Crippen molar-refractivity contribution >= 4 is 5.69 Å². The summed E-state index contributed by atoms with van der Waals surface area (Å²) in [5.74, 6) is 0.805. The molecule has 1 aliphatic rings. The minimum absolute atomic E-state index is 0.136. The highest BCUT2D eigenvalue weighted by Crippen LogP contribution is 2.37. The van der Waals surface area contributed by atoms with Crippen molar-refractivity contribution in [3.8, 4) is 0 Å². The molecule has 6 nitrogen and oxygen atoms in total. The topological polar surface area (TPSA) is 59.7 Å². The number of anilines is 1. The molecule has 0 aliphatic carbocycles. The molecule has 1 aliphatic heterocycles. The molecule has 0 bridgehead atoms. The maximum Gasteiger partial charge on any atom is 0.180 e. The van der Waals surface area contributed by atoms with Gasteiger partial charge in [0.05, 0.1) is 12.2 Å². The fourth-order valence-corrected chi connectivity index (χ4v) is 3.88. The zero-order valence-electron chi connectivity index (χ0n) is 15.4. The van der Waals surface area contributed by atoms with Gasteiger partial charge < -0.3 is 4.90 Å². The second-order valence-corrected chi connectivity index (χ2v) is 6.91. The van der Waals surface area contributed by atoms with Crippen LogP contribution >= 0.6 is 0 Å². The van der Waals surface area contributed by atoms with E-state index in [1.807, 2.05) is 47.3 Å². The zero-order valence-corrected chi connectivity index (χ0v) is 15.4. The number of hydrogen-bond donors (Lipinski definition) is 0. The van der Waals surface area contributed by atoms with Gasteiger partial charge in [0.25, 0.3) is 0 Å². The van der Waals surface area contributed by atoms with E-state index in [1.54, 1.807) is 0 Å². The van der Waals surface area contributed by atoms with Gasteiger partial charge in [-0.2, -0.15) is 0 Å². The highest BCUT2D eigenvalue weighted by Gasteiger charge is 2.33. The Kier molecular flexibility index (Phi) is 4.29. The number of hydrogen-bond acceptors (Lipinski definition) is 5. The van der Waals surface area contributed by atoms with Crippen molar-refractivity contribution in [1.82, 2.24) is 25.2 Å². The lowest BCUT2D eigenvalue weighted by Crippen LogP contribution is -2.31. The van der Waals surface area contributed by atoms with E-state index < -0.39 is 0 Å². The minimum atomic E-state index is -0.136. The summed E-state index contributed by atoms with van der Waals surface area (Å²) in [6.45, 7) is 1.54. The maximum atomic E-state index is 4.65. The van der Waals surface area contributed by atoms with Gasteiger partial charge in [0.15, 0.2) is 5.82 Å². The summed E-state index contributed by atoms with van der Waals surface area (Å²) in [7, 11) is 0. The van der Waals surface area contributed by atoms with E-state index in [2.05, 4.69) is 61.8 Å². The summed E-state index contributed by atoms with van der Waals surface area (Å²) in [6.07, 6.45) is 2.84. The fourth-order valence-electron chi connectivity index (χ4n) is 3.88. The summed E-state index contributed by atoms with van der Waals surface area (Å²) in [6, 6.07) is 24.7. The molecule has 2 aromatic carbocycles. The van der Waals surface area contributed by atoms with E-state index in [1.165, 1.54) is 11.3 Å². The second-order valence-electron chi connectivity index (χ2n) is 6.91. The molecule has 5 rings (SSSR count). The molecule has 6 heteroatoms. The minimum Gasteiger partial charge on any atom is -0.355 e. The number of tetrazole rings is 1. The number of fused-ring (bicyclic) bond motifs is 1. The van der Waals surface area contributed by atoms with Gasteiger partial charge in [-0.05, 0) is 46.2 Å². The molecule has 28 heavy (non-hydrogen) atoms. The number of aromatic nitrogens is 5. The number of benzene rings is 2. The first kappa shape index (κ1) is 16.6. The van der Waals surface area contributed by atoms with Gasteiger partial charge >= 0.3 is 0 Å². The van der Waals surface area contributed by atoms with Crippen molar-refractivity contribution in [3.05, 3.63) is 102 Å². The Morgan fingerprint density at radius 2 is 1.71 bits per heavy atom. The van der Waals surface area contributed by atoms with Crippen molar-refractivity contribution < 1.29 is 0 Å². The van der Waals surface area contributed by atoms with E-state index in [0.717, 1.165) is 30.0 Å². The fraction of sp³-hybridized carbons (Fsp3) is 0.182. The van der Waals surface area contributed by atoms with E-state index in [0.29, 0.717) is 6.54 Å². The van der Waals surface area contributed by atoms with Crippen LogP contribution in [0.4, 0.5) is 5.69 Å². The summed E-state index contributed by atoms with van der Waals surface area (Å²) < 4.78 is 1.88. The van der Waals surface area contributed by atoms with Crippen LogP contribution in [0.1, 0.15) is 28.7 Å². The largest absolute Gasteiger partial charge is 0.355 e. The molecule has 2 aromatic heterocycles. The zero-order chi connectivity index (χ0) is 18.8. The van der Waals surface area contributed by atoms with E-state index >= 15 is 0 Å². The van der Waals surface area contributed by atoms with Gasteiger partial charge in [-0.1, -0.05) is 54.6 Å². The molecule has 0 spiro atoms. The average molecular weight is 368 g/mol. The normalized spacial score (nSPS) is 14.1. The number of nitrogens with zero attached hydrogens (tertiary/aromatic N) is 6. The molecule has 0 N–H and O–H groups in total. The first-order chi connectivity index (χ1) is 13.9. The third-order valence-electron chi connectivity index (χ3n) is 5.18. The Morgan fingerprint density at radius 1 is 0.893 bits per heavy atom. The van der Waals surface area contributed by atoms with Crippen LogP contribution in [0, 0.1) is 0 Å². The first-order valence-corrected chi connectivity index (χ1v) is 9.45. The summed E-state index contributed by atoms with van der Waals surface area (Å²) in [5.41, 5.74) is 4.69. The Morgan fingerprint density at radius 3 is 2.57 bits per heavy atom. The lowest BCUT2D eigenvalue weighted by Gasteiger charge is -2.29. The van der Waals surface area contributed by atoms with Crippen LogP contribution in [0.15, 0.2) is 79.0 Å². The molecule has 0 fully saturated rings. The van der Waals surface area contributed by atoms with Gasteiger partial charge in [0.1, 0.15) is 6.04 Å². The standard InChI is InChI=1S/C22H20N6/c1-2-8-17(9-3-1)16-28-22(24-25-26-28)21(19-11-6-7-14-23-19)27-15-13-18-10-4-5-12-20(18)27/h1-12,14,21H,13,15-16H2/t21-/m1/s1. The van der Waals surface area contributed by atoms with Crippen molar-refractivity contribution in [2.75, 3.05) is 11.4 Å². The predicted octanol–water partition coefficient (Wildman–Crippen LogP) is 3.27. The number of para-hydroxylation sites is 1. The highest BCUT2D eigenvalue weighted by atomic mass is 15.6. The lowest BCUT2D eigenvalue weighted by molar-refractivity contribution is 0.573. The molecule has 0 saturated heterocycles. The average Bonchev–Trinajstić information content (AvgIpc) is 3.38. The van der Waals surface area contributed by atoms with Crippen LogP contribution < -0.4 is 4.90 Å². The van der Waals surface area contributed by atoms with E-state index in [4.69, 9.17) is 0 Å². The molecule has 0 saturated carbocycles. The predicted molar refractivity (Wildman–Crippen MR) is 107 cm³/mol. The Balaban J connectivity index is 1.59. The quantitative estimate of drug-likeness (QED) is 0.541. The number of pyridine rings is 1. The molecule has 138 valence electrons. The van der Waals surface area contributed by atoms with Crippen LogP contribution in [-0.2, 0) is 13.0 Å². The van der Waals surface area contributed by atoms with E-state index in [9.17, 15) is 0 Å². The molecule has 1 atom stereocenters. The Hall–Kier alpha value is -3.54. The Labute approximate surface area is 163 Å². The van der Waals surface area contributed by atoms with Gasteiger partial charge in [-0.15, -0.1) is 5.10 Å². The lowest BCUT2D eigenvalue weighted by atomic mass is 10.1. The van der Waals surface area contributed by atoms with Crippen LogP contribution in [0.25, 0.3) is 0 Å².